The molecule has 0 bridgehead atoms. The Bertz CT molecular complexity index is 1010. The van der Waals surface area contributed by atoms with Gasteiger partial charge in [0.2, 0.25) is 0 Å². The fraction of sp³-hybridized carbons (Fsp3) is 0.593. The van der Waals surface area contributed by atoms with E-state index in [1.54, 1.807) is 22.7 Å². The first-order chi connectivity index (χ1) is 15.2. The molecule has 31 heavy (non-hydrogen) atoms. The third kappa shape index (κ3) is 5.62. The first-order valence-corrected chi connectivity index (χ1v) is 13.8. The van der Waals surface area contributed by atoms with Crippen molar-refractivity contribution in [1.29, 1.82) is 5.26 Å². The number of hydrogen-bond donors (Lipinski definition) is 0. The Kier molecular flexibility index (Phi) is 9.23. The van der Waals surface area contributed by atoms with E-state index >= 15 is 0 Å². The number of fused-ring (bicyclic) bond motifs is 2. The molecule has 0 saturated heterocycles. The quantitative estimate of drug-likeness (QED) is 0.257. The van der Waals surface area contributed by atoms with Crippen molar-refractivity contribution < 1.29 is 4.74 Å². The summed E-state index contributed by atoms with van der Waals surface area (Å²) in [6, 6.07) is 6.73. The van der Waals surface area contributed by atoms with Crippen molar-refractivity contribution in [3.05, 3.63) is 28.0 Å². The normalized spacial score (nSPS) is 13.5. The Morgan fingerprint density at radius 3 is 2.32 bits per heavy atom. The maximum absolute atomic E-state index is 9.63. The second kappa shape index (κ2) is 11.9. The number of nitriles is 1. The highest BCUT2D eigenvalue weighted by atomic mass is 32.1. The molecule has 0 aliphatic carbocycles. The molecule has 0 amide bonds. The molecule has 0 aliphatic rings. The van der Waals surface area contributed by atoms with E-state index in [4.69, 9.17) is 4.74 Å². The third-order valence-electron chi connectivity index (χ3n) is 6.60. The number of ether oxygens (including phenoxy) is 1. The lowest BCUT2D eigenvalue weighted by Gasteiger charge is -2.19. The molecular weight excluding hydrogens is 418 g/mol. The first-order valence-electron chi connectivity index (χ1n) is 12.1. The lowest BCUT2D eigenvalue weighted by Crippen LogP contribution is -2.11. The van der Waals surface area contributed by atoms with E-state index in [1.165, 1.54) is 65.3 Å². The van der Waals surface area contributed by atoms with E-state index in [1.807, 2.05) is 0 Å². The van der Waals surface area contributed by atoms with E-state index in [-0.39, 0.29) is 0 Å². The predicted molar refractivity (Wildman–Crippen MR) is 138 cm³/mol. The van der Waals surface area contributed by atoms with Crippen LogP contribution >= 0.6 is 22.7 Å². The van der Waals surface area contributed by atoms with Crippen LogP contribution in [0.4, 0.5) is 0 Å². The van der Waals surface area contributed by atoms with Crippen molar-refractivity contribution in [2.75, 3.05) is 6.61 Å². The SMILES string of the molecule is CCCCC(CC)COc1c2cc(C#N)sc2c(CC(CC)CCCC)c2ccsc12. The maximum Gasteiger partial charge on any atom is 0.145 e. The van der Waals surface area contributed by atoms with Crippen molar-refractivity contribution in [2.45, 2.75) is 85.5 Å². The first kappa shape index (κ1) is 24.1. The van der Waals surface area contributed by atoms with Crippen LogP contribution in [0.25, 0.3) is 20.2 Å². The molecule has 0 saturated carbocycles. The Morgan fingerprint density at radius 2 is 1.68 bits per heavy atom. The molecule has 0 radical (unpaired) electrons. The highest BCUT2D eigenvalue weighted by Crippen LogP contribution is 2.46. The van der Waals surface area contributed by atoms with Crippen LogP contribution in [0.3, 0.4) is 0 Å². The molecule has 2 unspecified atom stereocenters. The van der Waals surface area contributed by atoms with Gasteiger partial charge in [-0.05, 0) is 47.8 Å². The van der Waals surface area contributed by atoms with E-state index in [2.05, 4.69) is 51.3 Å². The van der Waals surface area contributed by atoms with Gasteiger partial charge in [0.25, 0.3) is 0 Å². The van der Waals surface area contributed by atoms with Crippen LogP contribution in [-0.2, 0) is 6.42 Å². The summed E-state index contributed by atoms with van der Waals surface area (Å²) in [5.41, 5.74) is 1.44. The van der Waals surface area contributed by atoms with Crippen LogP contribution in [0, 0.1) is 23.2 Å². The van der Waals surface area contributed by atoms with Gasteiger partial charge in [0.05, 0.1) is 11.3 Å². The zero-order valence-corrected chi connectivity index (χ0v) is 21.3. The van der Waals surface area contributed by atoms with Gasteiger partial charge in [-0.15, -0.1) is 22.7 Å². The van der Waals surface area contributed by atoms with Crippen molar-refractivity contribution in [3.8, 4) is 11.8 Å². The number of nitrogens with zero attached hydrogens (tertiary/aromatic N) is 1. The largest absolute Gasteiger partial charge is 0.491 e. The summed E-state index contributed by atoms with van der Waals surface area (Å²) >= 11 is 3.44. The highest BCUT2D eigenvalue weighted by Gasteiger charge is 2.22. The van der Waals surface area contributed by atoms with Crippen molar-refractivity contribution in [2.24, 2.45) is 11.8 Å². The fourth-order valence-corrected chi connectivity index (χ4v) is 6.44. The Morgan fingerprint density at radius 1 is 0.968 bits per heavy atom. The number of hydrogen-bond acceptors (Lipinski definition) is 4. The average Bonchev–Trinajstić information content (AvgIpc) is 3.45. The Balaban J connectivity index is 2.02. The minimum Gasteiger partial charge on any atom is -0.491 e. The molecule has 0 fully saturated rings. The molecule has 3 rings (SSSR count). The lowest BCUT2D eigenvalue weighted by atomic mass is 9.90. The van der Waals surface area contributed by atoms with Gasteiger partial charge >= 0.3 is 0 Å². The van der Waals surface area contributed by atoms with E-state index in [0.717, 1.165) is 35.5 Å². The Hall–Kier alpha value is -1.57. The zero-order chi connectivity index (χ0) is 22.2. The number of rotatable bonds is 13. The van der Waals surface area contributed by atoms with Gasteiger partial charge in [-0.25, -0.2) is 0 Å². The van der Waals surface area contributed by atoms with Crippen LogP contribution in [0.15, 0.2) is 17.5 Å². The maximum atomic E-state index is 9.63. The van der Waals surface area contributed by atoms with Gasteiger partial charge in [0.1, 0.15) is 16.7 Å². The van der Waals surface area contributed by atoms with Crippen molar-refractivity contribution in [3.63, 3.8) is 0 Å². The molecule has 2 aromatic heterocycles. The number of thiophene rings is 2. The molecule has 4 heteroatoms. The average molecular weight is 456 g/mol. The van der Waals surface area contributed by atoms with Crippen LogP contribution in [-0.4, -0.2) is 6.61 Å². The molecule has 2 heterocycles. The van der Waals surface area contributed by atoms with Crippen molar-refractivity contribution >= 4 is 42.8 Å². The summed E-state index contributed by atoms with van der Waals surface area (Å²) in [6.45, 7) is 9.88. The van der Waals surface area contributed by atoms with Gasteiger partial charge in [0.15, 0.2) is 0 Å². The minimum atomic E-state index is 0.595. The summed E-state index contributed by atoms with van der Waals surface area (Å²) < 4.78 is 9.09. The smallest absolute Gasteiger partial charge is 0.145 e. The summed E-state index contributed by atoms with van der Waals surface area (Å²) in [5.74, 6) is 2.31. The molecular formula is C27H37NOS2. The second-order valence-electron chi connectivity index (χ2n) is 8.78. The van der Waals surface area contributed by atoms with Gasteiger partial charge in [-0.2, -0.15) is 5.26 Å². The predicted octanol–water partition coefficient (Wildman–Crippen LogP) is 9.34. The molecule has 1 aromatic carbocycles. The third-order valence-corrected chi connectivity index (χ3v) is 8.61. The van der Waals surface area contributed by atoms with E-state index < -0.39 is 0 Å². The zero-order valence-electron chi connectivity index (χ0n) is 19.6. The summed E-state index contributed by atoms with van der Waals surface area (Å²) in [6.07, 6.45) is 11.0. The summed E-state index contributed by atoms with van der Waals surface area (Å²) in [7, 11) is 0. The minimum absolute atomic E-state index is 0.595. The molecule has 0 aliphatic heterocycles. The Labute approximate surface area is 196 Å². The van der Waals surface area contributed by atoms with E-state index in [0.29, 0.717) is 11.8 Å². The number of benzene rings is 1. The molecule has 2 nitrogen and oxygen atoms in total. The van der Waals surface area contributed by atoms with Crippen molar-refractivity contribution in [1.82, 2.24) is 0 Å². The summed E-state index contributed by atoms with van der Waals surface area (Å²) in [5, 5.41) is 14.3. The fourth-order valence-electron chi connectivity index (χ4n) is 4.48. The number of unbranched alkanes of at least 4 members (excludes halogenated alkanes) is 2. The van der Waals surface area contributed by atoms with Gasteiger partial charge in [0, 0.05) is 15.5 Å². The standard InChI is InChI=1S/C27H37NOS2/c1-5-9-11-19(7-3)15-23-22-13-14-30-27(22)25(24-16-21(17-28)31-26(23)24)29-18-20(8-4)12-10-6-2/h13-14,16,19-20H,5-12,15,18H2,1-4H3. The van der Waals surface area contributed by atoms with Gasteiger partial charge < -0.3 is 4.74 Å². The highest BCUT2D eigenvalue weighted by molar-refractivity contribution is 7.21. The van der Waals surface area contributed by atoms with E-state index in [9.17, 15) is 5.26 Å². The van der Waals surface area contributed by atoms with Crippen LogP contribution in [0.1, 0.15) is 89.5 Å². The molecule has 168 valence electrons. The van der Waals surface area contributed by atoms with Crippen LogP contribution in [0.5, 0.6) is 5.75 Å². The summed E-state index contributed by atoms with van der Waals surface area (Å²) in [4.78, 5) is 0.790. The molecule has 0 N–H and O–H groups in total. The molecule has 3 aromatic rings. The lowest BCUT2D eigenvalue weighted by molar-refractivity contribution is 0.238. The molecule has 0 spiro atoms. The van der Waals surface area contributed by atoms with Gasteiger partial charge in [-0.1, -0.05) is 72.6 Å². The second-order valence-corrected chi connectivity index (χ2v) is 10.8. The van der Waals surface area contributed by atoms with Crippen LogP contribution in [0.2, 0.25) is 0 Å². The molecule has 2 atom stereocenters. The van der Waals surface area contributed by atoms with Crippen LogP contribution < -0.4 is 4.74 Å². The van der Waals surface area contributed by atoms with Gasteiger partial charge in [-0.3, -0.25) is 0 Å². The monoisotopic (exact) mass is 455 g/mol. The topological polar surface area (TPSA) is 33.0 Å².